The van der Waals surface area contributed by atoms with Gasteiger partial charge in [-0.25, -0.2) is 0 Å². The molecular weight excluding hydrogens is 316 g/mol. The topological polar surface area (TPSA) is 55.9 Å². The molecule has 2 rings (SSSR count). The Morgan fingerprint density at radius 2 is 1.83 bits per heavy atom. The molecule has 7 heteroatoms. The third-order valence-electron chi connectivity index (χ3n) is 4.73. The van der Waals surface area contributed by atoms with Gasteiger partial charge in [0.1, 0.15) is 0 Å². The molecule has 134 valence electrons. The highest BCUT2D eigenvalue weighted by atomic mass is 35.5. The number of rotatable bonds is 5. The van der Waals surface area contributed by atoms with Gasteiger partial charge in [0.05, 0.1) is 12.6 Å². The molecule has 0 aromatic rings. The highest BCUT2D eigenvalue weighted by Gasteiger charge is 2.28. The standard InChI is InChI=1S/C16H30N4O2.ClH/c1-3-19(4-2)15(21)13-18-9-6-10-20(12-11-18)16(22)14-7-5-8-17-14;/h14,17H,3-13H2,1-2H3;1H. The van der Waals surface area contributed by atoms with Gasteiger partial charge in [0.2, 0.25) is 11.8 Å². The average Bonchev–Trinajstić information content (AvgIpc) is 2.95. The van der Waals surface area contributed by atoms with Crippen molar-refractivity contribution in [2.45, 2.75) is 39.2 Å². The zero-order valence-electron chi connectivity index (χ0n) is 14.4. The van der Waals surface area contributed by atoms with Gasteiger partial charge in [-0.3, -0.25) is 14.5 Å². The van der Waals surface area contributed by atoms with Crippen molar-refractivity contribution in [1.29, 1.82) is 0 Å². The number of hydrogen-bond acceptors (Lipinski definition) is 4. The first-order chi connectivity index (χ1) is 10.7. The molecule has 2 amide bonds. The molecule has 0 aromatic heterocycles. The van der Waals surface area contributed by atoms with Gasteiger partial charge in [0.15, 0.2) is 0 Å². The van der Waals surface area contributed by atoms with E-state index in [-0.39, 0.29) is 30.3 Å². The zero-order chi connectivity index (χ0) is 15.9. The van der Waals surface area contributed by atoms with Crippen molar-refractivity contribution < 1.29 is 9.59 Å². The minimum absolute atomic E-state index is 0. The quantitative estimate of drug-likeness (QED) is 0.790. The Kier molecular flexibility index (Phi) is 8.87. The van der Waals surface area contributed by atoms with E-state index in [1.165, 1.54) is 0 Å². The molecule has 2 aliphatic heterocycles. The molecule has 0 spiro atoms. The second kappa shape index (κ2) is 10.1. The van der Waals surface area contributed by atoms with Crippen LogP contribution in [0.15, 0.2) is 0 Å². The minimum Gasteiger partial charge on any atom is -0.342 e. The third-order valence-corrected chi connectivity index (χ3v) is 4.73. The molecule has 2 saturated heterocycles. The van der Waals surface area contributed by atoms with Crippen molar-refractivity contribution in [3.63, 3.8) is 0 Å². The van der Waals surface area contributed by atoms with Crippen LogP contribution >= 0.6 is 12.4 Å². The van der Waals surface area contributed by atoms with Gasteiger partial charge in [0, 0.05) is 39.3 Å². The van der Waals surface area contributed by atoms with Crippen molar-refractivity contribution in [3.8, 4) is 0 Å². The van der Waals surface area contributed by atoms with Crippen LogP contribution in [0.4, 0.5) is 0 Å². The second-order valence-electron chi connectivity index (χ2n) is 6.17. The summed E-state index contributed by atoms with van der Waals surface area (Å²) in [5.41, 5.74) is 0. The summed E-state index contributed by atoms with van der Waals surface area (Å²) in [5, 5.41) is 3.28. The number of nitrogens with zero attached hydrogens (tertiary/aromatic N) is 3. The summed E-state index contributed by atoms with van der Waals surface area (Å²) in [4.78, 5) is 30.7. The lowest BCUT2D eigenvalue weighted by Crippen LogP contribution is -2.45. The van der Waals surface area contributed by atoms with Crippen molar-refractivity contribution in [1.82, 2.24) is 20.0 Å². The molecular formula is C16H31ClN4O2. The van der Waals surface area contributed by atoms with Crippen molar-refractivity contribution in [2.75, 3.05) is 52.4 Å². The van der Waals surface area contributed by atoms with E-state index < -0.39 is 0 Å². The lowest BCUT2D eigenvalue weighted by molar-refractivity contribution is -0.132. The summed E-state index contributed by atoms with van der Waals surface area (Å²) in [6.45, 7) is 10.2. The fourth-order valence-electron chi connectivity index (χ4n) is 3.33. The van der Waals surface area contributed by atoms with E-state index in [0.717, 1.165) is 65.1 Å². The van der Waals surface area contributed by atoms with Crippen LogP contribution in [0.25, 0.3) is 0 Å². The summed E-state index contributed by atoms with van der Waals surface area (Å²) < 4.78 is 0. The summed E-state index contributed by atoms with van der Waals surface area (Å²) in [5.74, 6) is 0.441. The number of nitrogens with one attached hydrogen (secondary N) is 1. The van der Waals surface area contributed by atoms with E-state index >= 15 is 0 Å². The Balaban J connectivity index is 0.00000264. The van der Waals surface area contributed by atoms with Crippen LogP contribution in [0.5, 0.6) is 0 Å². The van der Waals surface area contributed by atoms with E-state index in [0.29, 0.717) is 6.54 Å². The summed E-state index contributed by atoms with van der Waals surface area (Å²) in [6.07, 6.45) is 3.00. The molecule has 0 aliphatic carbocycles. The molecule has 2 fully saturated rings. The Bertz CT molecular complexity index is 384. The summed E-state index contributed by atoms with van der Waals surface area (Å²) in [7, 11) is 0. The van der Waals surface area contributed by atoms with Crippen LogP contribution in [0.2, 0.25) is 0 Å². The maximum Gasteiger partial charge on any atom is 0.239 e. The minimum atomic E-state index is 0. The third kappa shape index (κ3) is 5.62. The van der Waals surface area contributed by atoms with Gasteiger partial charge in [-0.1, -0.05) is 0 Å². The largest absolute Gasteiger partial charge is 0.342 e. The van der Waals surface area contributed by atoms with Crippen LogP contribution in [-0.2, 0) is 9.59 Å². The number of carbonyl (C=O) groups is 2. The highest BCUT2D eigenvalue weighted by Crippen LogP contribution is 2.11. The van der Waals surface area contributed by atoms with Gasteiger partial charge in [-0.05, 0) is 39.7 Å². The molecule has 6 nitrogen and oxygen atoms in total. The fraction of sp³-hybridized carbons (Fsp3) is 0.875. The maximum atomic E-state index is 12.5. The second-order valence-corrected chi connectivity index (χ2v) is 6.17. The lowest BCUT2D eigenvalue weighted by atomic mass is 10.2. The number of amides is 2. The average molecular weight is 347 g/mol. The number of likely N-dealkylation sites (N-methyl/N-ethyl adjacent to an activating group) is 1. The molecule has 0 bridgehead atoms. The van der Waals surface area contributed by atoms with Crippen molar-refractivity contribution in [3.05, 3.63) is 0 Å². The van der Waals surface area contributed by atoms with Gasteiger partial charge in [-0.15, -0.1) is 12.4 Å². The molecule has 0 saturated carbocycles. The SMILES string of the molecule is CCN(CC)C(=O)CN1CCCN(C(=O)C2CCCN2)CC1.Cl. The first kappa shape index (κ1) is 20.2. The van der Waals surface area contributed by atoms with E-state index in [1.54, 1.807) is 0 Å². The van der Waals surface area contributed by atoms with Crippen LogP contribution in [-0.4, -0.2) is 84.9 Å². The van der Waals surface area contributed by atoms with Crippen LogP contribution in [0, 0.1) is 0 Å². The summed E-state index contributed by atoms with van der Waals surface area (Å²) >= 11 is 0. The maximum absolute atomic E-state index is 12.5. The molecule has 2 heterocycles. The van der Waals surface area contributed by atoms with Crippen molar-refractivity contribution in [2.24, 2.45) is 0 Å². The van der Waals surface area contributed by atoms with Gasteiger partial charge >= 0.3 is 0 Å². The first-order valence-electron chi connectivity index (χ1n) is 8.68. The number of halogens is 1. The Morgan fingerprint density at radius 3 is 2.43 bits per heavy atom. The molecule has 1 atom stereocenters. The first-order valence-corrected chi connectivity index (χ1v) is 8.68. The van der Waals surface area contributed by atoms with Gasteiger partial charge in [-0.2, -0.15) is 0 Å². The molecule has 23 heavy (non-hydrogen) atoms. The van der Waals surface area contributed by atoms with E-state index in [2.05, 4.69) is 10.2 Å². The van der Waals surface area contributed by atoms with Crippen LogP contribution in [0.1, 0.15) is 33.1 Å². The fourth-order valence-corrected chi connectivity index (χ4v) is 3.33. The normalized spacial score (nSPS) is 22.3. The predicted molar refractivity (Wildman–Crippen MR) is 93.8 cm³/mol. The zero-order valence-corrected chi connectivity index (χ0v) is 15.2. The molecule has 0 aromatic carbocycles. The van der Waals surface area contributed by atoms with E-state index in [9.17, 15) is 9.59 Å². The van der Waals surface area contributed by atoms with E-state index in [1.807, 2.05) is 23.6 Å². The number of hydrogen-bond donors (Lipinski definition) is 1. The van der Waals surface area contributed by atoms with Crippen LogP contribution in [0.3, 0.4) is 0 Å². The predicted octanol–water partition coefficient (Wildman–Crippen LogP) is 0.563. The Hall–Kier alpha value is -0.850. The van der Waals surface area contributed by atoms with Gasteiger partial charge < -0.3 is 15.1 Å². The molecule has 1 N–H and O–H groups in total. The Morgan fingerprint density at radius 1 is 1.09 bits per heavy atom. The smallest absolute Gasteiger partial charge is 0.239 e. The van der Waals surface area contributed by atoms with E-state index in [4.69, 9.17) is 0 Å². The Labute approximate surface area is 146 Å². The van der Waals surface area contributed by atoms with Crippen LogP contribution < -0.4 is 5.32 Å². The molecule has 0 radical (unpaired) electrons. The molecule has 2 aliphatic rings. The monoisotopic (exact) mass is 346 g/mol. The lowest BCUT2D eigenvalue weighted by Gasteiger charge is -2.26. The van der Waals surface area contributed by atoms with Gasteiger partial charge in [0.25, 0.3) is 0 Å². The molecule has 1 unspecified atom stereocenters. The number of carbonyl (C=O) groups excluding carboxylic acids is 2. The highest BCUT2D eigenvalue weighted by molar-refractivity contribution is 5.85. The van der Waals surface area contributed by atoms with Crippen molar-refractivity contribution >= 4 is 24.2 Å². The summed E-state index contributed by atoms with van der Waals surface area (Å²) in [6, 6.07) is 0.0175.